The molecular weight excluding hydrogens is 635 g/mol. The minimum atomic E-state index is -0.509. The Morgan fingerprint density at radius 1 is 0.683 bits per heavy atom. The number of benzene rings is 2. The summed E-state index contributed by atoms with van der Waals surface area (Å²) in [5, 5.41) is 6.53. The van der Waals surface area contributed by atoms with E-state index >= 15 is 0 Å². The summed E-state index contributed by atoms with van der Waals surface area (Å²) in [7, 11) is 0. The zero-order valence-corrected chi connectivity index (χ0v) is 24.2. The summed E-state index contributed by atoms with van der Waals surface area (Å²) >= 11 is 18.7. The maximum Gasteiger partial charge on any atom is 0.265 e. The van der Waals surface area contributed by atoms with E-state index in [1.54, 1.807) is 54.6 Å². The molecule has 208 valence electrons. The van der Waals surface area contributed by atoms with Crippen molar-refractivity contribution in [3.8, 4) is 0 Å². The average molecular weight is 650 g/mol. The third-order valence-corrected chi connectivity index (χ3v) is 8.15. The second-order valence-corrected chi connectivity index (χ2v) is 11.8. The summed E-state index contributed by atoms with van der Waals surface area (Å²) in [6.45, 7) is 0. The Labute approximate surface area is 254 Å². The van der Waals surface area contributed by atoms with Crippen molar-refractivity contribution in [2.75, 3.05) is 11.1 Å². The molecule has 0 aliphatic carbocycles. The molecule has 2 aromatic carbocycles. The summed E-state index contributed by atoms with van der Waals surface area (Å²) in [5.41, 5.74) is 7.27. The molecule has 4 heterocycles. The highest BCUT2D eigenvalue weighted by atomic mass is 35.5. The molecule has 5 amide bonds. The number of carbonyl (C=O) groups excluding carboxylic acids is 6. The lowest BCUT2D eigenvalue weighted by Gasteiger charge is -2.06. The van der Waals surface area contributed by atoms with Crippen LogP contribution in [0, 0.1) is 0 Å². The van der Waals surface area contributed by atoms with Gasteiger partial charge in [0.15, 0.2) is 0 Å². The van der Waals surface area contributed by atoms with Gasteiger partial charge in [-0.1, -0.05) is 35.3 Å². The van der Waals surface area contributed by atoms with Crippen molar-refractivity contribution in [1.29, 1.82) is 0 Å². The number of amides is 5. The number of anilines is 2. The first-order valence-corrected chi connectivity index (χ1v) is 14.0. The van der Waals surface area contributed by atoms with Gasteiger partial charge < -0.3 is 11.1 Å². The van der Waals surface area contributed by atoms with Crippen LogP contribution in [0.5, 0.6) is 0 Å². The Morgan fingerprint density at radius 3 is 1.68 bits per heavy atom. The normalized spacial score (nSPS) is 12.7. The second kappa shape index (κ2) is 12.6. The fourth-order valence-electron chi connectivity index (χ4n) is 3.61. The van der Waals surface area contributed by atoms with E-state index in [0.29, 0.717) is 40.9 Å². The van der Waals surface area contributed by atoms with Crippen LogP contribution < -0.4 is 21.7 Å². The number of thiophene rings is 2. The van der Waals surface area contributed by atoms with Gasteiger partial charge in [-0.05, 0) is 60.1 Å². The Hall–Kier alpha value is -4.07. The van der Waals surface area contributed by atoms with E-state index < -0.39 is 23.0 Å². The fourth-order valence-corrected chi connectivity index (χ4v) is 5.60. The minimum absolute atomic E-state index is 0.188. The van der Waals surface area contributed by atoms with Gasteiger partial charge in [-0.15, -0.1) is 22.7 Å². The van der Waals surface area contributed by atoms with Gasteiger partial charge in [0.1, 0.15) is 0 Å². The average Bonchev–Trinajstić information content (AvgIpc) is 3.69. The minimum Gasteiger partial charge on any atom is -0.398 e. The Kier molecular flexibility index (Phi) is 9.21. The zero-order valence-electron chi connectivity index (χ0n) is 20.3. The number of nitrogens with two attached hydrogens (primary N) is 1. The van der Waals surface area contributed by atoms with Crippen LogP contribution in [0.4, 0.5) is 11.4 Å². The van der Waals surface area contributed by atoms with Crippen molar-refractivity contribution in [2.24, 2.45) is 0 Å². The molecule has 2 aliphatic heterocycles. The molecular formula is C26H15Cl3N4O6S2. The maximum absolute atomic E-state index is 12.0. The molecule has 0 radical (unpaired) electrons. The maximum atomic E-state index is 12.0. The van der Waals surface area contributed by atoms with Crippen molar-refractivity contribution < 1.29 is 28.8 Å². The molecule has 0 saturated carbocycles. The number of imide groups is 2. The van der Waals surface area contributed by atoms with Gasteiger partial charge in [0.25, 0.3) is 34.8 Å². The Morgan fingerprint density at radius 2 is 1.20 bits per heavy atom. The van der Waals surface area contributed by atoms with Crippen LogP contribution in [0.1, 0.15) is 60.8 Å². The number of rotatable bonds is 3. The number of hydrogen-bond acceptors (Lipinski definition) is 9. The first kappa shape index (κ1) is 29.9. The van der Waals surface area contributed by atoms with Crippen LogP contribution in [0.2, 0.25) is 8.67 Å². The number of nitrogens with one attached hydrogen (secondary N) is 3. The lowest BCUT2D eigenvalue weighted by Crippen LogP contribution is -2.20. The van der Waals surface area contributed by atoms with E-state index in [9.17, 15) is 28.8 Å². The summed E-state index contributed by atoms with van der Waals surface area (Å²) in [6.07, 6.45) is 0. The Balaban J connectivity index is 0.000000156. The molecule has 10 nitrogen and oxygen atoms in total. The molecule has 0 spiro atoms. The van der Waals surface area contributed by atoms with Gasteiger partial charge in [0.05, 0.1) is 46.4 Å². The van der Waals surface area contributed by atoms with E-state index in [0.717, 1.165) is 11.3 Å². The molecule has 2 aromatic heterocycles. The highest BCUT2D eigenvalue weighted by Gasteiger charge is 2.30. The van der Waals surface area contributed by atoms with Crippen LogP contribution in [0.25, 0.3) is 0 Å². The quantitative estimate of drug-likeness (QED) is 0.130. The first-order chi connectivity index (χ1) is 19.5. The van der Waals surface area contributed by atoms with Gasteiger partial charge in [0, 0.05) is 5.69 Å². The largest absolute Gasteiger partial charge is 0.398 e. The summed E-state index contributed by atoms with van der Waals surface area (Å²) in [6, 6.07) is 16.0. The molecule has 0 fully saturated rings. The van der Waals surface area contributed by atoms with Crippen molar-refractivity contribution in [3.05, 3.63) is 101 Å². The SMILES string of the molecule is Nc1cccc2c1C(=O)NC2=O.O=C(Cl)c1ccc(Cl)s1.O=C(Nc1cccc2c1C(=O)NC2=O)c1ccc(Cl)s1. The van der Waals surface area contributed by atoms with Crippen molar-refractivity contribution in [1.82, 2.24) is 10.6 Å². The smallest absolute Gasteiger partial charge is 0.265 e. The monoisotopic (exact) mass is 648 g/mol. The highest BCUT2D eigenvalue weighted by molar-refractivity contribution is 7.19. The van der Waals surface area contributed by atoms with Gasteiger partial charge >= 0.3 is 0 Å². The lowest BCUT2D eigenvalue weighted by atomic mass is 10.1. The molecule has 0 unspecified atom stereocenters. The van der Waals surface area contributed by atoms with E-state index in [1.807, 2.05) is 0 Å². The Bertz CT molecular complexity index is 1750. The zero-order chi connectivity index (χ0) is 29.8. The molecule has 0 atom stereocenters. The molecule has 2 aliphatic rings. The molecule has 0 bridgehead atoms. The topological polar surface area (TPSA) is 165 Å². The predicted octanol–water partition coefficient (Wildman–Crippen LogP) is 5.47. The first-order valence-electron chi connectivity index (χ1n) is 11.2. The van der Waals surface area contributed by atoms with Gasteiger partial charge in [0.2, 0.25) is 0 Å². The number of halogens is 3. The number of carbonyl (C=O) groups is 6. The molecule has 6 rings (SSSR count). The van der Waals surface area contributed by atoms with Crippen LogP contribution in [-0.2, 0) is 0 Å². The van der Waals surface area contributed by atoms with E-state index in [4.69, 9.17) is 40.5 Å². The molecule has 5 N–H and O–H groups in total. The van der Waals surface area contributed by atoms with Crippen LogP contribution >= 0.6 is 57.5 Å². The van der Waals surface area contributed by atoms with E-state index in [1.165, 1.54) is 17.4 Å². The summed E-state index contributed by atoms with van der Waals surface area (Å²) in [5.74, 6) is -2.12. The number of fused-ring (bicyclic) bond motifs is 2. The second-order valence-electron chi connectivity index (χ2n) is 8.00. The van der Waals surface area contributed by atoms with E-state index in [2.05, 4.69) is 16.0 Å². The third-order valence-electron chi connectivity index (χ3n) is 5.37. The highest BCUT2D eigenvalue weighted by Crippen LogP contribution is 2.27. The van der Waals surface area contributed by atoms with E-state index in [-0.39, 0.29) is 22.9 Å². The lowest BCUT2D eigenvalue weighted by molar-refractivity contribution is 0.0863. The molecule has 0 saturated heterocycles. The number of nitrogen functional groups attached to an aromatic ring is 1. The fraction of sp³-hybridized carbons (Fsp3) is 0. The van der Waals surface area contributed by atoms with Gasteiger partial charge in [-0.3, -0.25) is 39.4 Å². The van der Waals surface area contributed by atoms with Crippen LogP contribution in [-0.4, -0.2) is 34.8 Å². The van der Waals surface area contributed by atoms with Gasteiger partial charge in [-0.2, -0.15) is 0 Å². The predicted molar refractivity (Wildman–Crippen MR) is 158 cm³/mol. The third kappa shape index (κ3) is 6.81. The van der Waals surface area contributed by atoms with Crippen LogP contribution in [0.3, 0.4) is 0 Å². The number of hydrogen-bond donors (Lipinski definition) is 4. The van der Waals surface area contributed by atoms with Crippen molar-refractivity contribution >= 4 is 104 Å². The summed E-state index contributed by atoms with van der Waals surface area (Å²) < 4.78 is 1.08. The van der Waals surface area contributed by atoms with Crippen molar-refractivity contribution in [3.63, 3.8) is 0 Å². The molecule has 41 heavy (non-hydrogen) atoms. The standard InChI is InChI=1S/C13H7ClN2O3S.C8H6N2O2.C5H2Cl2OS/c14-9-5-4-8(20-9)12(18)15-7-3-1-2-6-10(7)13(19)16-11(6)17;9-5-3-1-2-4-6(5)8(12)10-7(4)11;6-4-2-1-3(9-4)5(7)8/h1-5H,(H,15,18)(H,16,17,19);1-3H,9H2,(H,10,11,12);1-2H. The molecule has 15 heteroatoms. The van der Waals surface area contributed by atoms with Gasteiger partial charge in [-0.25, -0.2) is 0 Å². The van der Waals surface area contributed by atoms with Crippen LogP contribution in [0.15, 0.2) is 60.7 Å². The molecule has 4 aromatic rings. The summed E-state index contributed by atoms with van der Waals surface area (Å²) in [4.78, 5) is 68.7. The van der Waals surface area contributed by atoms with Crippen molar-refractivity contribution in [2.45, 2.75) is 0 Å².